The third-order valence-corrected chi connectivity index (χ3v) is 3.68. The number of ether oxygens (including phenoxy) is 1. The first-order valence-corrected chi connectivity index (χ1v) is 7.12. The van der Waals surface area contributed by atoms with Gasteiger partial charge in [0.25, 0.3) is 0 Å². The lowest BCUT2D eigenvalue weighted by Gasteiger charge is -2.25. The van der Waals surface area contributed by atoms with Gasteiger partial charge in [0, 0.05) is 0 Å². The zero-order valence-electron chi connectivity index (χ0n) is 11.8. The molecule has 2 heteroatoms. The number of piperidine rings is 1. The smallest absolute Gasteiger partial charge is 0.123 e. The molecule has 0 amide bonds. The Labute approximate surface area is 111 Å². The van der Waals surface area contributed by atoms with E-state index in [0.717, 1.165) is 31.2 Å². The quantitative estimate of drug-likeness (QED) is 0.881. The van der Waals surface area contributed by atoms with Crippen LogP contribution in [-0.2, 0) is 6.42 Å². The summed E-state index contributed by atoms with van der Waals surface area (Å²) in [5.41, 5.74) is 2.78. The van der Waals surface area contributed by atoms with Gasteiger partial charge in [0.1, 0.15) is 5.75 Å². The molecule has 1 N–H and O–H groups in total. The van der Waals surface area contributed by atoms with Gasteiger partial charge in [0.15, 0.2) is 0 Å². The van der Waals surface area contributed by atoms with Crippen molar-refractivity contribution in [3.05, 3.63) is 29.3 Å². The van der Waals surface area contributed by atoms with Gasteiger partial charge in [-0.1, -0.05) is 12.1 Å². The zero-order chi connectivity index (χ0) is 13.0. The number of aryl methyl sites for hydroxylation is 1. The van der Waals surface area contributed by atoms with Crippen LogP contribution in [0.4, 0.5) is 0 Å². The van der Waals surface area contributed by atoms with Crippen molar-refractivity contribution in [2.75, 3.05) is 13.1 Å². The van der Waals surface area contributed by atoms with Gasteiger partial charge in [0.05, 0.1) is 6.10 Å². The molecule has 0 bridgehead atoms. The Kier molecular flexibility index (Phi) is 4.65. The maximum absolute atomic E-state index is 5.95. The first kappa shape index (κ1) is 13.4. The molecule has 1 aromatic carbocycles. The largest absolute Gasteiger partial charge is 0.491 e. The minimum absolute atomic E-state index is 0.249. The maximum Gasteiger partial charge on any atom is 0.123 e. The van der Waals surface area contributed by atoms with Crippen molar-refractivity contribution in [2.45, 2.75) is 46.1 Å². The number of hydrogen-bond donors (Lipinski definition) is 1. The molecule has 1 saturated heterocycles. The molecule has 0 atom stereocenters. The van der Waals surface area contributed by atoms with E-state index in [0.29, 0.717) is 0 Å². The van der Waals surface area contributed by atoms with Crippen LogP contribution in [0.3, 0.4) is 0 Å². The molecule has 0 radical (unpaired) electrons. The molecule has 0 unspecified atom stereocenters. The van der Waals surface area contributed by atoms with E-state index >= 15 is 0 Å². The molecule has 0 aromatic heterocycles. The van der Waals surface area contributed by atoms with Gasteiger partial charge in [-0.2, -0.15) is 0 Å². The first-order chi connectivity index (χ1) is 8.66. The molecule has 1 aliphatic heterocycles. The summed E-state index contributed by atoms with van der Waals surface area (Å²) in [4.78, 5) is 0. The summed E-state index contributed by atoms with van der Waals surface area (Å²) in [7, 11) is 0. The second-order valence-electron chi connectivity index (χ2n) is 5.62. The summed E-state index contributed by atoms with van der Waals surface area (Å²) in [6, 6.07) is 6.41. The van der Waals surface area contributed by atoms with Gasteiger partial charge >= 0.3 is 0 Å². The van der Waals surface area contributed by atoms with E-state index in [1.807, 2.05) is 0 Å². The van der Waals surface area contributed by atoms with E-state index in [1.54, 1.807) is 0 Å². The van der Waals surface area contributed by atoms with E-state index in [-0.39, 0.29) is 6.10 Å². The van der Waals surface area contributed by atoms with Crippen LogP contribution in [0, 0.1) is 12.8 Å². The van der Waals surface area contributed by atoms with Gasteiger partial charge in [0.2, 0.25) is 0 Å². The third-order valence-electron chi connectivity index (χ3n) is 3.68. The van der Waals surface area contributed by atoms with E-state index in [9.17, 15) is 0 Å². The second kappa shape index (κ2) is 6.24. The van der Waals surface area contributed by atoms with Gasteiger partial charge in [-0.15, -0.1) is 0 Å². The molecule has 18 heavy (non-hydrogen) atoms. The summed E-state index contributed by atoms with van der Waals surface area (Å²) in [6.45, 7) is 8.71. The maximum atomic E-state index is 5.95. The predicted octanol–water partition coefficient (Wildman–Crippen LogP) is 3.32. The Bertz CT molecular complexity index is 381. The number of rotatable bonds is 4. The van der Waals surface area contributed by atoms with Crippen LogP contribution in [0.25, 0.3) is 0 Å². The van der Waals surface area contributed by atoms with E-state index in [1.165, 1.54) is 24.0 Å². The summed E-state index contributed by atoms with van der Waals surface area (Å²) >= 11 is 0. The average molecular weight is 247 g/mol. The minimum Gasteiger partial charge on any atom is -0.491 e. The SMILES string of the molecule is Cc1cccc(OC(C)C)c1CC1CCNCC1. The molecule has 1 aliphatic rings. The standard InChI is InChI=1S/C16H25NO/c1-12(2)18-16-6-4-5-13(3)15(16)11-14-7-9-17-10-8-14/h4-6,12,14,17H,7-11H2,1-3H3. The molecule has 0 spiro atoms. The van der Waals surface area contributed by atoms with Gasteiger partial charge in [-0.3, -0.25) is 0 Å². The minimum atomic E-state index is 0.249. The van der Waals surface area contributed by atoms with Crippen molar-refractivity contribution in [3.8, 4) is 5.75 Å². The summed E-state index contributed by atoms with van der Waals surface area (Å²) in [5.74, 6) is 1.89. The third kappa shape index (κ3) is 3.49. The number of nitrogens with one attached hydrogen (secondary N) is 1. The monoisotopic (exact) mass is 247 g/mol. The van der Waals surface area contributed by atoms with Crippen molar-refractivity contribution in [1.29, 1.82) is 0 Å². The Hall–Kier alpha value is -1.02. The van der Waals surface area contributed by atoms with Crippen LogP contribution < -0.4 is 10.1 Å². The van der Waals surface area contributed by atoms with Crippen LogP contribution >= 0.6 is 0 Å². The van der Waals surface area contributed by atoms with Crippen molar-refractivity contribution in [1.82, 2.24) is 5.32 Å². The average Bonchev–Trinajstić information content (AvgIpc) is 2.34. The highest BCUT2D eigenvalue weighted by atomic mass is 16.5. The molecule has 0 aliphatic carbocycles. The number of benzene rings is 1. The van der Waals surface area contributed by atoms with Crippen LogP contribution in [0.1, 0.15) is 37.8 Å². The molecule has 0 saturated carbocycles. The van der Waals surface area contributed by atoms with Crippen molar-refractivity contribution < 1.29 is 4.74 Å². The molecule has 2 rings (SSSR count). The van der Waals surface area contributed by atoms with Crippen LogP contribution in [-0.4, -0.2) is 19.2 Å². The Morgan fingerprint density at radius 2 is 2.00 bits per heavy atom. The Morgan fingerprint density at radius 1 is 1.28 bits per heavy atom. The summed E-state index contributed by atoms with van der Waals surface area (Å²) in [6.07, 6.45) is 3.99. The molecular weight excluding hydrogens is 222 g/mol. The molecular formula is C16H25NO. The fraction of sp³-hybridized carbons (Fsp3) is 0.625. The zero-order valence-corrected chi connectivity index (χ0v) is 11.8. The Morgan fingerprint density at radius 3 is 2.67 bits per heavy atom. The number of hydrogen-bond acceptors (Lipinski definition) is 2. The lowest BCUT2D eigenvalue weighted by atomic mass is 9.89. The highest BCUT2D eigenvalue weighted by molar-refractivity contribution is 5.40. The molecule has 2 nitrogen and oxygen atoms in total. The van der Waals surface area contributed by atoms with Gasteiger partial charge in [-0.25, -0.2) is 0 Å². The topological polar surface area (TPSA) is 21.3 Å². The van der Waals surface area contributed by atoms with Gasteiger partial charge < -0.3 is 10.1 Å². The summed E-state index contributed by atoms with van der Waals surface area (Å²) in [5, 5.41) is 3.43. The fourth-order valence-electron chi connectivity index (χ4n) is 2.68. The van der Waals surface area contributed by atoms with E-state index < -0.39 is 0 Å². The van der Waals surface area contributed by atoms with Crippen molar-refractivity contribution in [2.24, 2.45) is 5.92 Å². The molecule has 1 fully saturated rings. The molecule has 1 aromatic rings. The second-order valence-corrected chi connectivity index (χ2v) is 5.62. The van der Waals surface area contributed by atoms with E-state index in [2.05, 4.69) is 44.3 Å². The molecule has 100 valence electrons. The van der Waals surface area contributed by atoms with Gasteiger partial charge in [-0.05, 0) is 76.2 Å². The lowest BCUT2D eigenvalue weighted by Crippen LogP contribution is -2.29. The van der Waals surface area contributed by atoms with Crippen LogP contribution in [0.2, 0.25) is 0 Å². The Balaban J connectivity index is 2.13. The van der Waals surface area contributed by atoms with Crippen LogP contribution in [0.15, 0.2) is 18.2 Å². The van der Waals surface area contributed by atoms with Crippen LogP contribution in [0.5, 0.6) is 5.75 Å². The fourth-order valence-corrected chi connectivity index (χ4v) is 2.68. The predicted molar refractivity (Wildman–Crippen MR) is 76.2 cm³/mol. The highest BCUT2D eigenvalue weighted by Gasteiger charge is 2.17. The lowest BCUT2D eigenvalue weighted by molar-refractivity contribution is 0.237. The highest BCUT2D eigenvalue weighted by Crippen LogP contribution is 2.28. The van der Waals surface area contributed by atoms with Crippen molar-refractivity contribution in [3.63, 3.8) is 0 Å². The van der Waals surface area contributed by atoms with Crippen molar-refractivity contribution >= 4 is 0 Å². The summed E-state index contributed by atoms with van der Waals surface area (Å²) < 4.78 is 5.95. The first-order valence-electron chi connectivity index (χ1n) is 7.12. The van der Waals surface area contributed by atoms with E-state index in [4.69, 9.17) is 4.74 Å². The normalized spacial score (nSPS) is 17.1. The molecule has 1 heterocycles.